The number of aromatic nitrogens is 3. The standard InChI is InChI=1S/C21H23F2N7O2/c1-11-4-14(11)20(31)29-19-9-26-17(8-27-19)13-5-15(16(6-24)25-7-13)28-12(2)21(32)30(3)10-18(22)23/h5,7-9,11-12,14,18,28H,4,10H2,1-3H3,(H,27,29,31)/t11?,12-,14-/m0/s1. The average Bonchev–Trinajstić information content (AvgIpc) is 3.50. The van der Waals surface area contributed by atoms with Crippen LogP contribution in [0.4, 0.5) is 20.3 Å². The molecule has 2 heterocycles. The number of rotatable bonds is 8. The number of anilines is 2. The van der Waals surface area contributed by atoms with Gasteiger partial charge in [-0.05, 0) is 25.3 Å². The van der Waals surface area contributed by atoms with Crippen molar-refractivity contribution in [3.05, 3.63) is 30.4 Å². The quantitative estimate of drug-likeness (QED) is 0.642. The third-order valence-corrected chi connectivity index (χ3v) is 5.17. The van der Waals surface area contributed by atoms with E-state index in [1.54, 1.807) is 6.07 Å². The number of alkyl halides is 2. The van der Waals surface area contributed by atoms with Crippen LogP contribution in [0.25, 0.3) is 11.3 Å². The number of nitrogens with zero attached hydrogens (tertiary/aromatic N) is 5. The summed E-state index contributed by atoms with van der Waals surface area (Å²) < 4.78 is 25.1. The van der Waals surface area contributed by atoms with Gasteiger partial charge in [0, 0.05) is 24.7 Å². The van der Waals surface area contributed by atoms with E-state index in [0.717, 1.165) is 11.3 Å². The van der Waals surface area contributed by atoms with Crippen LogP contribution in [-0.4, -0.2) is 57.7 Å². The zero-order chi connectivity index (χ0) is 23.4. The van der Waals surface area contributed by atoms with Crippen LogP contribution in [0.5, 0.6) is 0 Å². The number of carbonyl (C=O) groups is 2. The van der Waals surface area contributed by atoms with Crippen LogP contribution < -0.4 is 10.6 Å². The van der Waals surface area contributed by atoms with Crippen molar-refractivity contribution in [1.29, 1.82) is 5.26 Å². The number of nitriles is 1. The highest BCUT2D eigenvalue weighted by atomic mass is 19.3. The summed E-state index contributed by atoms with van der Waals surface area (Å²) in [5, 5.41) is 14.9. The molecule has 1 fully saturated rings. The summed E-state index contributed by atoms with van der Waals surface area (Å²) in [4.78, 5) is 37.8. The van der Waals surface area contributed by atoms with Crippen molar-refractivity contribution >= 4 is 23.3 Å². The molecule has 3 rings (SSSR count). The molecule has 3 atom stereocenters. The predicted molar refractivity (Wildman–Crippen MR) is 113 cm³/mol. The van der Waals surface area contributed by atoms with Gasteiger partial charge in [0.15, 0.2) is 11.5 Å². The van der Waals surface area contributed by atoms with Gasteiger partial charge in [0.05, 0.1) is 30.3 Å². The van der Waals surface area contributed by atoms with Crippen molar-refractivity contribution in [3.8, 4) is 17.3 Å². The fraction of sp³-hybridized carbons (Fsp3) is 0.429. The lowest BCUT2D eigenvalue weighted by atomic mass is 10.1. The molecule has 2 aromatic rings. The molecule has 11 heteroatoms. The Morgan fingerprint density at radius 1 is 1.28 bits per heavy atom. The van der Waals surface area contributed by atoms with Gasteiger partial charge in [-0.15, -0.1) is 0 Å². The minimum Gasteiger partial charge on any atom is -0.372 e. The van der Waals surface area contributed by atoms with E-state index in [2.05, 4.69) is 25.6 Å². The second-order valence-corrected chi connectivity index (χ2v) is 7.80. The lowest BCUT2D eigenvalue weighted by Gasteiger charge is -2.22. The molecule has 0 saturated heterocycles. The van der Waals surface area contributed by atoms with E-state index in [9.17, 15) is 23.6 Å². The van der Waals surface area contributed by atoms with Crippen molar-refractivity contribution in [3.63, 3.8) is 0 Å². The Morgan fingerprint density at radius 2 is 2.00 bits per heavy atom. The van der Waals surface area contributed by atoms with Gasteiger partial charge in [-0.3, -0.25) is 14.6 Å². The number of halogens is 2. The molecule has 32 heavy (non-hydrogen) atoms. The third-order valence-electron chi connectivity index (χ3n) is 5.17. The van der Waals surface area contributed by atoms with Crippen molar-refractivity contribution < 1.29 is 18.4 Å². The van der Waals surface area contributed by atoms with E-state index in [0.29, 0.717) is 23.0 Å². The topological polar surface area (TPSA) is 124 Å². The summed E-state index contributed by atoms with van der Waals surface area (Å²) in [6, 6.07) is 2.64. The van der Waals surface area contributed by atoms with Crippen LogP contribution in [0, 0.1) is 23.2 Å². The lowest BCUT2D eigenvalue weighted by Crippen LogP contribution is -2.41. The smallest absolute Gasteiger partial charge is 0.255 e. The maximum atomic E-state index is 12.5. The molecule has 0 radical (unpaired) electrons. The second-order valence-electron chi connectivity index (χ2n) is 7.80. The van der Waals surface area contributed by atoms with E-state index in [-0.39, 0.29) is 23.2 Å². The highest BCUT2D eigenvalue weighted by Gasteiger charge is 2.39. The lowest BCUT2D eigenvalue weighted by molar-refractivity contribution is -0.132. The van der Waals surface area contributed by atoms with Gasteiger partial charge in [0.1, 0.15) is 12.1 Å². The van der Waals surface area contributed by atoms with Crippen molar-refractivity contribution in [2.24, 2.45) is 11.8 Å². The summed E-state index contributed by atoms with van der Waals surface area (Å²) in [7, 11) is 1.28. The molecule has 1 aliphatic rings. The van der Waals surface area contributed by atoms with E-state index in [1.165, 1.54) is 32.6 Å². The predicted octanol–water partition coefficient (Wildman–Crippen LogP) is 2.53. The van der Waals surface area contributed by atoms with Crippen molar-refractivity contribution in [1.82, 2.24) is 19.9 Å². The van der Waals surface area contributed by atoms with Crippen molar-refractivity contribution in [2.45, 2.75) is 32.7 Å². The minimum atomic E-state index is -2.64. The summed E-state index contributed by atoms with van der Waals surface area (Å²) in [6.45, 7) is 2.83. The number of amides is 2. The molecule has 0 spiro atoms. The molecule has 0 bridgehead atoms. The molecular formula is C21H23F2N7O2. The normalized spacial score (nSPS) is 17.9. The first-order chi connectivity index (χ1) is 15.2. The second kappa shape index (κ2) is 9.64. The van der Waals surface area contributed by atoms with Crippen LogP contribution in [0.1, 0.15) is 26.0 Å². The first-order valence-electron chi connectivity index (χ1n) is 10.0. The number of pyridine rings is 1. The SMILES string of the molecule is CC1C[C@@H]1C(=O)Nc1cnc(-c2cnc(C#N)c(N[C@@H](C)C(=O)N(C)CC(F)F)c2)cn1. The van der Waals surface area contributed by atoms with Gasteiger partial charge in [-0.25, -0.2) is 18.7 Å². The van der Waals surface area contributed by atoms with E-state index >= 15 is 0 Å². The van der Waals surface area contributed by atoms with Gasteiger partial charge in [0.25, 0.3) is 6.43 Å². The highest BCUT2D eigenvalue weighted by Crippen LogP contribution is 2.38. The Kier molecular flexibility index (Phi) is 6.92. The Hall–Kier alpha value is -3.68. The molecule has 2 amide bonds. The van der Waals surface area contributed by atoms with Crippen LogP contribution in [0.2, 0.25) is 0 Å². The van der Waals surface area contributed by atoms with Crippen molar-refractivity contribution in [2.75, 3.05) is 24.2 Å². The number of hydrogen-bond acceptors (Lipinski definition) is 7. The maximum Gasteiger partial charge on any atom is 0.255 e. The monoisotopic (exact) mass is 443 g/mol. The van der Waals surface area contributed by atoms with Gasteiger partial charge in [0.2, 0.25) is 11.8 Å². The number of nitrogens with one attached hydrogen (secondary N) is 2. The van der Waals surface area contributed by atoms with Gasteiger partial charge in [-0.1, -0.05) is 6.92 Å². The summed E-state index contributed by atoms with van der Waals surface area (Å²) in [6.07, 6.45) is 2.55. The number of carbonyl (C=O) groups excluding carboxylic acids is 2. The highest BCUT2D eigenvalue weighted by molar-refractivity contribution is 5.93. The largest absolute Gasteiger partial charge is 0.372 e. The fourth-order valence-electron chi connectivity index (χ4n) is 3.17. The van der Waals surface area contributed by atoms with E-state index in [1.807, 2.05) is 13.0 Å². The third kappa shape index (κ3) is 5.51. The molecule has 2 N–H and O–H groups in total. The van der Waals surface area contributed by atoms with Crippen LogP contribution >= 0.6 is 0 Å². The molecule has 0 aromatic carbocycles. The zero-order valence-electron chi connectivity index (χ0n) is 17.8. The first kappa shape index (κ1) is 23.0. The minimum absolute atomic E-state index is 0.0114. The Labute approximate surface area is 183 Å². The molecule has 1 saturated carbocycles. The molecule has 1 aliphatic carbocycles. The Bertz CT molecular complexity index is 1040. The Balaban J connectivity index is 1.73. The molecular weight excluding hydrogens is 420 g/mol. The maximum absolute atomic E-state index is 12.5. The molecule has 2 aromatic heterocycles. The van der Waals surface area contributed by atoms with Crippen LogP contribution in [0.3, 0.4) is 0 Å². The average molecular weight is 443 g/mol. The summed E-state index contributed by atoms with van der Waals surface area (Å²) >= 11 is 0. The molecule has 0 aliphatic heterocycles. The summed E-state index contributed by atoms with van der Waals surface area (Å²) in [5.41, 5.74) is 1.27. The van der Waals surface area contributed by atoms with Crippen LogP contribution in [-0.2, 0) is 9.59 Å². The summed E-state index contributed by atoms with van der Waals surface area (Å²) in [5.74, 6) is 0.0877. The number of hydrogen-bond donors (Lipinski definition) is 2. The van der Waals surface area contributed by atoms with Crippen LogP contribution in [0.15, 0.2) is 24.7 Å². The molecule has 9 nitrogen and oxygen atoms in total. The zero-order valence-corrected chi connectivity index (χ0v) is 17.8. The molecule has 1 unspecified atom stereocenters. The van der Waals surface area contributed by atoms with Gasteiger partial charge >= 0.3 is 0 Å². The van der Waals surface area contributed by atoms with E-state index in [4.69, 9.17) is 0 Å². The Morgan fingerprint density at radius 3 is 2.56 bits per heavy atom. The van der Waals surface area contributed by atoms with Gasteiger partial charge < -0.3 is 15.5 Å². The van der Waals surface area contributed by atoms with E-state index < -0.39 is 24.9 Å². The molecule has 168 valence electrons. The fourth-order valence-corrected chi connectivity index (χ4v) is 3.17. The number of likely N-dealkylation sites (N-methyl/N-ethyl adjacent to an activating group) is 1. The van der Waals surface area contributed by atoms with Gasteiger partial charge in [-0.2, -0.15) is 5.26 Å². The first-order valence-corrected chi connectivity index (χ1v) is 10.0.